The van der Waals surface area contributed by atoms with Gasteiger partial charge in [0.2, 0.25) is 0 Å². The van der Waals surface area contributed by atoms with Crippen LogP contribution in [-0.4, -0.2) is 25.9 Å². The number of benzene rings is 1. The van der Waals surface area contributed by atoms with Crippen molar-refractivity contribution in [1.82, 2.24) is 0 Å². The maximum Gasteiger partial charge on any atom is 1.00 e. The predicted octanol–water partition coefficient (Wildman–Crippen LogP) is -5.29. The first-order valence-corrected chi connectivity index (χ1v) is 8.41. The summed E-state index contributed by atoms with van der Waals surface area (Å²) < 4.78 is 64.8. The fraction of sp³-hybridized carbons (Fsp3) is 0. The monoisotopic (exact) mass is 502 g/mol. The van der Waals surface area contributed by atoms with Crippen LogP contribution in [-0.2, 0) is 20.2 Å². The Morgan fingerprint density at radius 1 is 0.833 bits per heavy atom. The van der Waals surface area contributed by atoms with Crippen molar-refractivity contribution in [1.29, 1.82) is 0 Å². The molecule has 1 aromatic rings. The summed E-state index contributed by atoms with van der Waals surface area (Å²) in [5, 5.41) is 0. The first-order valence-electron chi connectivity index (χ1n) is 3.44. The van der Waals surface area contributed by atoms with E-state index in [-0.39, 0.29) is 44.9 Å². The van der Waals surface area contributed by atoms with Crippen LogP contribution in [0.1, 0.15) is 0 Å². The summed E-state index contributed by atoms with van der Waals surface area (Å²) in [5.74, 6) is 0. The summed E-state index contributed by atoms with van der Waals surface area (Å²) >= 11 is 2.96. The Kier molecular flexibility index (Phi) is 9.32. The molecule has 0 aliphatic carbocycles. The first kappa shape index (κ1) is 22.0. The van der Waals surface area contributed by atoms with Gasteiger partial charge in [0.25, 0.3) is 0 Å². The van der Waals surface area contributed by atoms with Gasteiger partial charge in [0.05, 0.1) is 9.79 Å². The van der Waals surface area contributed by atoms with Crippen molar-refractivity contribution in [3.8, 4) is 0 Å². The fourth-order valence-corrected chi connectivity index (χ4v) is 5.15. The predicted molar refractivity (Wildman–Crippen MR) is 67.8 cm³/mol. The second kappa shape index (κ2) is 7.63. The van der Waals surface area contributed by atoms with Crippen LogP contribution in [0.4, 0.5) is 0 Å². The van der Waals surface area contributed by atoms with Gasteiger partial charge in [-0.1, -0.05) is 0 Å². The molecule has 0 aliphatic heterocycles. The van der Waals surface area contributed by atoms with Gasteiger partial charge in [-0.15, -0.1) is 0 Å². The molecule has 0 radical (unpaired) electrons. The molecular formula is C6H2I2Li2O6S2. The van der Waals surface area contributed by atoms with Gasteiger partial charge in [-0.05, 0) is 57.3 Å². The van der Waals surface area contributed by atoms with Crippen molar-refractivity contribution in [3.63, 3.8) is 0 Å². The molecule has 12 heteroatoms. The van der Waals surface area contributed by atoms with Gasteiger partial charge < -0.3 is 9.11 Å². The van der Waals surface area contributed by atoms with Crippen molar-refractivity contribution in [2.24, 2.45) is 0 Å². The van der Waals surface area contributed by atoms with Gasteiger partial charge in [-0.2, -0.15) is 0 Å². The molecule has 0 N–H and O–H groups in total. The molecule has 0 fully saturated rings. The minimum Gasteiger partial charge on any atom is -0.744 e. The van der Waals surface area contributed by atoms with E-state index in [9.17, 15) is 25.9 Å². The molecule has 0 saturated heterocycles. The van der Waals surface area contributed by atoms with Gasteiger partial charge in [0, 0.05) is 7.14 Å². The Hall–Kier alpha value is 1.69. The minimum atomic E-state index is -4.80. The van der Waals surface area contributed by atoms with Crippen LogP contribution >= 0.6 is 45.2 Å². The van der Waals surface area contributed by atoms with Crippen molar-refractivity contribution >= 4 is 65.4 Å². The maximum absolute atomic E-state index is 10.8. The summed E-state index contributed by atoms with van der Waals surface area (Å²) in [5.41, 5.74) is 0. The van der Waals surface area contributed by atoms with Crippen LogP contribution in [0.5, 0.6) is 0 Å². The fourth-order valence-electron chi connectivity index (χ4n) is 0.904. The maximum atomic E-state index is 10.8. The summed E-state index contributed by atoms with van der Waals surface area (Å²) in [6.45, 7) is 0. The van der Waals surface area contributed by atoms with Crippen LogP contribution in [0.3, 0.4) is 0 Å². The Bertz CT molecular complexity index is 589. The van der Waals surface area contributed by atoms with Crippen molar-refractivity contribution < 1.29 is 63.7 Å². The third-order valence-electron chi connectivity index (χ3n) is 1.51. The zero-order valence-corrected chi connectivity index (χ0v) is 15.1. The standard InChI is InChI=1S/C6H4I2O6S2.2Li/c7-3-1-4(15(9,10)11)6(8)5(2-3)16(12,13)14;;/h1-2H,(H,9,10,11)(H,12,13,14);;/q;2*+1/p-2. The molecule has 0 unspecified atom stereocenters. The topological polar surface area (TPSA) is 114 Å². The minimum absolute atomic E-state index is 0. The average Bonchev–Trinajstić information content (AvgIpc) is 2.04. The van der Waals surface area contributed by atoms with Gasteiger partial charge >= 0.3 is 37.7 Å². The number of hydrogen-bond donors (Lipinski definition) is 0. The second-order valence-corrected chi connectivity index (χ2v) is 7.64. The van der Waals surface area contributed by atoms with Gasteiger partial charge in [-0.25, -0.2) is 16.8 Å². The van der Waals surface area contributed by atoms with Crippen LogP contribution in [0, 0.1) is 7.14 Å². The summed E-state index contributed by atoms with van der Waals surface area (Å²) in [7, 11) is -9.61. The molecule has 0 saturated carbocycles. The molecule has 0 bridgehead atoms. The summed E-state index contributed by atoms with van der Waals surface area (Å²) in [6.07, 6.45) is 0. The summed E-state index contributed by atoms with van der Waals surface area (Å²) in [4.78, 5) is -1.40. The molecule has 90 valence electrons. The van der Waals surface area contributed by atoms with Crippen LogP contribution in [0.15, 0.2) is 21.9 Å². The number of halogens is 2. The molecule has 6 nitrogen and oxygen atoms in total. The molecule has 0 amide bonds. The Morgan fingerprint density at radius 3 is 1.33 bits per heavy atom. The van der Waals surface area contributed by atoms with E-state index in [1.807, 2.05) is 0 Å². The zero-order chi connectivity index (χ0) is 12.7. The van der Waals surface area contributed by atoms with E-state index in [0.29, 0.717) is 0 Å². The Balaban J connectivity index is 0. The molecule has 0 aromatic heterocycles. The van der Waals surface area contributed by atoms with E-state index < -0.39 is 30.0 Å². The van der Waals surface area contributed by atoms with Crippen molar-refractivity contribution in [2.75, 3.05) is 0 Å². The second-order valence-electron chi connectivity index (χ2n) is 2.62. The number of hydrogen-bond acceptors (Lipinski definition) is 6. The van der Waals surface area contributed by atoms with E-state index in [2.05, 4.69) is 0 Å². The van der Waals surface area contributed by atoms with E-state index in [1.54, 1.807) is 22.6 Å². The van der Waals surface area contributed by atoms with E-state index >= 15 is 0 Å². The Labute approximate surface area is 156 Å². The third kappa shape index (κ3) is 5.59. The third-order valence-corrected chi connectivity index (χ3v) is 5.75. The molecule has 0 spiro atoms. The summed E-state index contributed by atoms with van der Waals surface area (Å²) in [6, 6.07) is 2.03. The SMILES string of the molecule is O=S(=O)([O-])c1cc(I)cc(S(=O)(=O)[O-])c1I.[Li+].[Li+]. The van der Waals surface area contributed by atoms with Crippen LogP contribution in [0.25, 0.3) is 0 Å². The molecular weight excluding hydrogens is 500 g/mol. The van der Waals surface area contributed by atoms with E-state index in [0.717, 1.165) is 12.1 Å². The van der Waals surface area contributed by atoms with E-state index in [4.69, 9.17) is 0 Å². The van der Waals surface area contributed by atoms with Gasteiger partial charge in [-0.3, -0.25) is 0 Å². The molecule has 0 atom stereocenters. The quantitative estimate of drug-likeness (QED) is 0.227. The number of rotatable bonds is 2. The molecule has 0 aliphatic rings. The normalized spacial score (nSPS) is 11.3. The van der Waals surface area contributed by atoms with Crippen molar-refractivity contribution in [3.05, 3.63) is 19.3 Å². The first-order chi connectivity index (χ1) is 7.03. The van der Waals surface area contributed by atoms with E-state index in [1.165, 1.54) is 22.6 Å². The molecule has 1 aromatic carbocycles. The van der Waals surface area contributed by atoms with Crippen LogP contribution in [0.2, 0.25) is 0 Å². The van der Waals surface area contributed by atoms with Gasteiger partial charge in [0.15, 0.2) is 0 Å². The molecule has 1 rings (SSSR count). The molecule has 18 heavy (non-hydrogen) atoms. The Morgan fingerprint density at radius 2 is 1.11 bits per heavy atom. The average molecular weight is 502 g/mol. The largest absolute Gasteiger partial charge is 1.00 e. The van der Waals surface area contributed by atoms with Crippen LogP contribution < -0.4 is 37.7 Å². The van der Waals surface area contributed by atoms with Gasteiger partial charge in [0.1, 0.15) is 20.2 Å². The smallest absolute Gasteiger partial charge is 0.744 e. The zero-order valence-electron chi connectivity index (χ0n) is 9.18. The van der Waals surface area contributed by atoms with Crippen molar-refractivity contribution in [2.45, 2.75) is 9.79 Å². The molecule has 0 heterocycles.